The van der Waals surface area contributed by atoms with Crippen molar-refractivity contribution in [1.82, 2.24) is 4.90 Å². The maximum atomic E-state index is 12.3. The molecule has 0 radical (unpaired) electrons. The highest BCUT2D eigenvalue weighted by Gasteiger charge is 2.31. The standard InChI is InChI=1S/C12H24FN/c1-3-5-7-12(6-4-2)14-9-11(8-13)10-14/h11-12H,3-10H2,1-2H3. The van der Waals surface area contributed by atoms with Crippen LogP contribution in [0.15, 0.2) is 0 Å². The molecule has 1 fully saturated rings. The molecule has 1 saturated heterocycles. The van der Waals surface area contributed by atoms with E-state index in [1.54, 1.807) is 0 Å². The lowest BCUT2D eigenvalue weighted by molar-refractivity contribution is 0.0306. The molecule has 0 aliphatic carbocycles. The monoisotopic (exact) mass is 201 g/mol. The predicted octanol–water partition coefficient (Wildman–Crippen LogP) is 3.25. The third-order valence-electron chi connectivity index (χ3n) is 3.23. The molecule has 1 atom stereocenters. The van der Waals surface area contributed by atoms with E-state index in [-0.39, 0.29) is 6.67 Å². The van der Waals surface area contributed by atoms with E-state index in [4.69, 9.17) is 0 Å². The van der Waals surface area contributed by atoms with Gasteiger partial charge in [-0.1, -0.05) is 33.1 Å². The molecule has 1 rings (SSSR count). The van der Waals surface area contributed by atoms with E-state index in [1.165, 1.54) is 32.1 Å². The van der Waals surface area contributed by atoms with Crippen molar-refractivity contribution in [3.8, 4) is 0 Å². The van der Waals surface area contributed by atoms with Crippen LogP contribution in [0.4, 0.5) is 4.39 Å². The van der Waals surface area contributed by atoms with Gasteiger partial charge in [0.25, 0.3) is 0 Å². The van der Waals surface area contributed by atoms with E-state index >= 15 is 0 Å². The molecule has 1 nitrogen and oxygen atoms in total. The molecular formula is C12H24FN. The van der Waals surface area contributed by atoms with Crippen molar-refractivity contribution < 1.29 is 4.39 Å². The van der Waals surface area contributed by atoms with Crippen LogP contribution in [0.2, 0.25) is 0 Å². The summed E-state index contributed by atoms with van der Waals surface area (Å²) in [5.41, 5.74) is 0. The van der Waals surface area contributed by atoms with Crippen LogP contribution in [0.5, 0.6) is 0 Å². The Morgan fingerprint density at radius 3 is 2.43 bits per heavy atom. The van der Waals surface area contributed by atoms with E-state index in [9.17, 15) is 4.39 Å². The summed E-state index contributed by atoms with van der Waals surface area (Å²) in [5.74, 6) is 0.344. The van der Waals surface area contributed by atoms with Gasteiger partial charge in [0.05, 0.1) is 6.67 Å². The number of alkyl halides is 1. The number of hydrogen-bond donors (Lipinski definition) is 0. The number of unbranched alkanes of at least 4 members (excludes halogenated alkanes) is 1. The fourth-order valence-corrected chi connectivity index (χ4v) is 2.29. The SMILES string of the molecule is CCCCC(CCC)N1CC(CF)C1. The summed E-state index contributed by atoms with van der Waals surface area (Å²) in [6.45, 7) is 6.37. The molecule has 14 heavy (non-hydrogen) atoms. The second kappa shape index (κ2) is 6.39. The fourth-order valence-electron chi connectivity index (χ4n) is 2.29. The van der Waals surface area contributed by atoms with E-state index in [0.29, 0.717) is 5.92 Å². The molecule has 0 bridgehead atoms. The topological polar surface area (TPSA) is 3.24 Å². The van der Waals surface area contributed by atoms with Crippen molar-refractivity contribution in [1.29, 1.82) is 0 Å². The summed E-state index contributed by atoms with van der Waals surface area (Å²) < 4.78 is 12.3. The normalized spacial score (nSPS) is 20.8. The molecule has 0 saturated carbocycles. The number of halogens is 1. The van der Waals surface area contributed by atoms with Gasteiger partial charge in [0, 0.05) is 25.0 Å². The summed E-state index contributed by atoms with van der Waals surface area (Å²) in [4.78, 5) is 2.48. The van der Waals surface area contributed by atoms with Crippen LogP contribution in [0, 0.1) is 5.92 Å². The molecule has 1 aliphatic heterocycles. The van der Waals surface area contributed by atoms with Crippen molar-refractivity contribution in [3.63, 3.8) is 0 Å². The molecular weight excluding hydrogens is 177 g/mol. The van der Waals surface area contributed by atoms with E-state index in [1.807, 2.05) is 0 Å². The van der Waals surface area contributed by atoms with Crippen LogP contribution >= 0.6 is 0 Å². The Balaban J connectivity index is 2.21. The van der Waals surface area contributed by atoms with Crippen molar-refractivity contribution in [2.45, 2.75) is 52.0 Å². The van der Waals surface area contributed by atoms with E-state index in [0.717, 1.165) is 19.1 Å². The van der Waals surface area contributed by atoms with Crippen LogP contribution < -0.4 is 0 Å². The first-order chi connectivity index (χ1) is 6.81. The minimum atomic E-state index is -0.122. The van der Waals surface area contributed by atoms with Gasteiger partial charge in [0.1, 0.15) is 0 Å². The molecule has 1 aliphatic rings. The first-order valence-electron chi connectivity index (χ1n) is 6.11. The van der Waals surface area contributed by atoms with Crippen molar-refractivity contribution >= 4 is 0 Å². The lowest BCUT2D eigenvalue weighted by Crippen LogP contribution is -2.52. The Bertz CT molecular complexity index is 143. The van der Waals surface area contributed by atoms with Gasteiger partial charge in [-0.2, -0.15) is 0 Å². The predicted molar refractivity (Wildman–Crippen MR) is 59.3 cm³/mol. The smallest absolute Gasteiger partial charge is 0.0947 e. The zero-order valence-electron chi connectivity index (χ0n) is 9.64. The maximum absolute atomic E-state index is 12.3. The zero-order valence-corrected chi connectivity index (χ0v) is 9.64. The summed E-state index contributed by atoms with van der Waals surface area (Å²) in [6, 6.07) is 0.739. The summed E-state index contributed by atoms with van der Waals surface area (Å²) in [5, 5.41) is 0. The second-order valence-corrected chi connectivity index (χ2v) is 4.56. The summed E-state index contributed by atoms with van der Waals surface area (Å²) >= 11 is 0. The summed E-state index contributed by atoms with van der Waals surface area (Å²) in [6.07, 6.45) is 6.45. The first kappa shape index (κ1) is 12.0. The highest BCUT2D eigenvalue weighted by molar-refractivity contribution is 4.84. The third-order valence-corrected chi connectivity index (χ3v) is 3.23. The Hall–Kier alpha value is -0.110. The number of hydrogen-bond acceptors (Lipinski definition) is 1. The van der Waals surface area contributed by atoms with Gasteiger partial charge >= 0.3 is 0 Å². The molecule has 0 aromatic heterocycles. The molecule has 84 valence electrons. The van der Waals surface area contributed by atoms with E-state index in [2.05, 4.69) is 18.7 Å². The highest BCUT2D eigenvalue weighted by atomic mass is 19.1. The zero-order chi connectivity index (χ0) is 10.4. The molecule has 1 heterocycles. The largest absolute Gasteiger partial charge is 0.300 e. The quantitative estimate of drug-likeness (QED) is 0.611. The van der Waals surface area contributed by atoms with Crippen molar-refractivity contribution in [2.24, 2.45) is 5.92 Å². The van der Waals surface area contributed by atoms with Gasteiger partial charge in [0.2, 0.25) is 0 Å². The number of rotatable bonds is 7. The lowest BCUT2D eigenvalue weighted by atomic mass is 9.94. The molecule has 0 spiro atoms. The van der Waals surface area contributed by atoms with E-state index < -0.39 is 0 Å². The van der Waals surface area contributed by atoms with Gasteiger partial charge < -0.3 is 0 Å². The Morgan fingerprint density at radius 1 is 1.21 bits per heavy atom. The second-order valence-electron chi connectivity index (χ2n) is 4.56. The third kappa shape index (κ3) is 3.23. The Morgan fingerprint density at radius 2 is 1.93 bits per heavy atom. The number of likely N-dealkylation sites (tertiary alicyclic amines) is 1. The Kier molecular flexibility index (Phi) is 5.46. The molecule has 0 N–H and O–H groups in total. The van der Waals surface area contributed by atoms with Crippen molar-refractivity contribution in [3.05, 3.63) is 0 Å². The molecule has 0 aromatic rings. The average molecular weight is 201 g/mol. The minimum Gasteiger partial charge on any atom is -0.300 e. The molecule has 2 heteroatoms. The maximum Gasteiger partial charge on any atom is 0.0947 e. The van der Waals surface area contributed by atoms with Crippen LogP contribution in [0.3, 0.4) is 0 Å². The average Bonchev–Trinajstić information content (AvgIpc) is 2.12. The lowest BCUT2D eigenvalue weighted by Gasteiger charge is -2.43. The fraction of sp³-hybridized carbons (Fsp3) is 1.00. The van der Waals surface area contributed by atoms with Gasteiger partial charge in [-0.05, 0) is 12.8 Å². The first-order valence-corrected chi connectivity index (χ1v) is 6.11. The van der Waals surface area contributed by atoms with Gasteiger partial charge in [-0.3, -0.25) is 9.29 Å². The van der Waals surface area contributed by atoms with Crippen molar-refractivity contribution in [2.75, 3.05) is 19.8 Å². The molecule has 0 amide bonds. The summed E-state index contributed by atoms with van der Waals surface area (Å²) in [7, 11) is 0. The van der Waals surface area contributed by atoms with Crippen LogP contribution in [0.1, 0.15) is 46.0 Å². The number of nitrogens with zero attached hydrogens (tertiary/aromatic N) is 1. The van der Waals surface area contributed by atoms with Gasteiger partial charge in [-0.25, -0.2) is 0 Å². The van der Waals surface area contributed by atoms with Gasteiger partial charge in [-0.15, -0.1) is 0 Å². The van der Waals surface area contributed by atoms with Crippen LogP contribution in [0.25, 0.3) is 0 Å². The molecule has 1 unspecified atom stereocenters. The van der Waals surface area contributed by atoms with Gasteiger partial charge in [0.15, 0.2) is 0 Å². The molecule has 0 aromatic carbocycles. The minimum absolute atomic E-state index is 0.122. The van der Waals surface area contributed by atoms with Crippen LogP contribution in [-0.4, -0.2) is 30.7 Å². The van der Waals surface area contributed by atoms with Crippen LogP contribution in [-0.2, 0) is 0 Å². The Labute approximate surface area is 87.7 Å². The highest BCUT2D eigenvalue weighted by Crippen LogP contribution is 2.24.